The third-order valence-corrected chi connectivity index (χ3v) is 6.29. The van der Waals surface area contributed by atoms with Crippen molar-refractivity contribution in [2.45, 2.75) is 0 Å². The van der Waals surface area contributed by atoms with E-state index in [1.54, 1.807) is 30.3 Å². The lowest BCUT2D eigenvalue weighted by Gasteiger charge is -2.04. The maximum Gasteiger partial charge on any atom is 0.269 e. The van der Waals surface area contributed by atoms with E-state index in [1.807, 2.05) is 11.4 Å². The van der Waals surface area contributed by atoms with Crippen molar-refractivity contribution in [2.75, 3.05) is 5.43 Å². The molecule has 0 aliphatic carbocycles. The Balaban J connectivity index is 1.56. The van der Waals surface area contributed by atoms with Gasteiger partial charge in [0.15, 0.2) is 0 Å². The van der Waals surface area contributed by atoms with Gasteiger partial charge in [-0.25, -0.2) is 4.98 Å². The maximum absolute atomic E-state index is 10.9. The minimum atomic E-state index is -0.478. The molecule has 0 spiro atoms. The molecule has 36 heavy (non-hydrogen) atoms. The first-order chi connectivity index (χ1) is 17.4. The Morgan fingerprint density at radius 3 is 2.25 bits per heavy atom. The highest BCUT2D eigenvalue weighted by Crippen LogP contribution is 2.30. The van der Waals surface area contributed by atoms with Gasteiger partial charge in [0.1, 0.15) is 10.6 Å². The number of non-ortho nitro benzene ring substituents is 2. The summed E-state index contributed by atoms with van der Waals surface area (Å²) in [6, 6.07) is 19.0. The van der Waals surface area contributed by atoms with Crippen LogP contribution in [0.15, 0.2) is 87.7 Å². The lowest BCUT2D eigenvalue weighted by molar-refractivity contribution is -0.385. The summed E-state index contributed by atoms with van der Waals surface area (Å²) in [5.41, 5.74) is 6.13. The number of hydrogen-bond donors (Lipinski definition) is 1. The maximum atomic E-state index is 10.9. The van der Waals surface area contributed by atoms with Crippen molar-refractivity contribution in [2.24, 2.45) is 5.10 Å². The normalized spacial score (nSPS) is 11.5. The van der Waals surface area contributed by atoms with Gasteiger partial charge in [0.05, 0.1) is 26.8 Å². The standard InChI is InChI=1S/C24H14ClN5O5S/c25-16-3-10-22-15(11-16)12-20(23(35-22)28-27-17-4-8-19(9-5-17)30(33)34)24-26-21(13-36-24)14-1-6-18(7-2-14)29(31)32/h1-13,27H. The molecule has 0 saturated carbocycles. The van der Waals surface area contributed by atoms with Crippen molar-refractivity contribution < 1.29 is 14.3 Å². The number of nitro groups is 2. The van der Waals surface area contributed by atoms with E-state index >= 15 is 0 Å². The second-order valence-corrected chi connectivity index (χ2v) is 8.81. The zero-order chi connectivity index (χ0) is 25.2. The second-order valence-electron chi connectivity index (χ2n) is 7.52. The number of thiazole rings is 1. The van der Waals surface area contributed by atoms with Gasteiger partial charge < -0.3 is 4.42 Å². The highest BCUT2D eigenvalue weighted by Gasteiger charge is 2.14. The fourth-order valence-electron chi connectivity index (χ4n) is 3.39. The van der Waals surface area contributed by atoms with Gasteiger partial charge in [-0.1, -0.05) is 11.6 Å². The molecule has 0 aliphatic heterocycles. The molecule has 0 bridgehead atoms. The van der Waals surface area contributed by atoms with Crippen LogP contribution < -0.4 is 11.0 Å². The van der Waals surface area contributed by atoms with Gasteiger partial charge in [-0.15, -0.1) is 16.4 Å². The van der Waals surface area contributed by atoms with Gasteiger partial charge in [0.25, 0.3) is 11.4 Å². The third kappa shape index (κ3) is 4.78. The molecule has 10 nitrogen and oxygen atoms in total. The molecule has 12 heteroatoms. The van der Waals surface area contributed by atoms with Gasteiger partial charge in [-0.05, 0) is 48.5 Å². The Labute approximate surface area is 211 Å². The Hall–Kier alpha value is -4.61. The highest BCUT2D eigenvalue weighted by atomic mass is 35.5. The molecule has 0 amide bonds. The van der Waals surface area contributed by atoms with E-state index in [2.05, 4.69) is 10.5 Å². The lowest BCUT2D eigenvalue weighted by Crippen LogP contribution is -2.09. The number of anilines is 1. The largest absolute Gasteiger partial charge is 0.436 e. The number of nitrogens with zero attached hydrogens (tertiary/aromatic N) is 4. The van der Waals surface area contributed by atoms with E-state index in [-0.39, 0.29) is 16.9 Å². The van der Waals surface area contributed by atoms with E-state index in [4.69, 9.17) is 21.0 Å². The fraction of sp³-hybridized carbons (Fsp3) is 0. The lowest BCUT2D eigenvalue weighted by atomic mass is 10.1. The van der Waals surface area contributed by atoms with Gasteiger partial charge in [-0.2, -0.15) is 0 Å². The molecule has 3 aromatic carbocycles. The van der Waals surface area contributed by atoms with Gasteiger partial charge in [0, 0.05) is 45.6 Å². The molecule has 0 radical (unpaired) electrons. The average molecular weight is 520 g/mol. The Bertz CT molecular complexity index is 1680. The molecule has 0 fully saturated rings. The molecular weight excluding hydrogens is 506 g/mol. The zero-order valence-corrected chi connectivity index (χ0v) is 19.7. The highest BCUT2D eigenvalue weighted by molar-refractivity contribution is 7.13. The first kappa shape index (κ1) is 23.1. The van der Waals surface area contributed by atoms with Crippen LogP contribution in [0.4, 0.5) is 17.1 Å². The zero-order valence-electron chi connectivity index (χ0n) is 18.1. The third-order valence-electron chi connectivity index (χ3n) is 5.18. The summed E-state index contributed by atoms with van der Waals surface area (Å²) in [5, 5.41) is 30.0. The van der Waals surface area contributed by atoms with Crippen molar-refractivity contribution in [3.05, 3.63) is 109 Å². The predicted molar refractivity (Wildman–Crippen MR) is 137 cm³/mol. The summed E-state index contributed by atoms with van der Waals surface area (Å²) in [4.78, 5) is 25.6. The predicted octanol–water partition coefficient (Wildman–Crippen LogP) is 6.62. The van der Waals surface area contributed by atoms with Crippen molar-refractivity contribution in [3.63, 3.8) is 0 Å². The molecule has 0 aliphatic rings. The van der Waals surface area contributed by atoms with Crippen LogP contribution in [-0.4, -0.2) is 14.8 Å². The van der Waals surface area contributed by atoms with Crippen LogP contribution in [-0.2, 0) is 0 Å². The van der Waals surface area contributed by atoms with Crippen LogP contribution in [0, 0.1) is 20.2 Å². The van der Waals surface area contributed by atoms with Gasteiger partial charge >= 0.3 is 0 Å². The molecule has 0 unspecified atom stereocenters. The number of rotatable bonds is 6. The Morgan fingerprint density at radius 1 is 0.917 bits per heavy atom. The second kappa shape index (κ2) is 9.56. The van der Waals surface area contributed by atoms with E-state index in [9.17, 15) is 20.2 Å². The average Bonchev–Trinajstić information content (AvgIpc) is 3.37. The van der Waals surface area contributed by atoms with Gasteiger partial charge in [0.2, 0.25) is 5.55 Å². The molecule has 178 valence electrons. The quantitative estimate of drug-likeness (QED) is 0.196. The SMILES string of the molecule is O=[N+]([O-])c1ccc(NN=c2oc3ccc(Cl)cc3cc2-c2nc(-c3ccc([N+](=O)[O-])cc3)cs2)cc1. The van der Waals surface area contributed by atoms with Crippen molar-refractivity contribution >= 4 is 51.0 Å². The number of halogens is 1. The Kier molecular flexibility index (Phi) is 6.15. The molecule has 0 atom stereocenters. The summed E-state index contributed by atoms with van der Waals surface area (Å²) in [6.45, 7) is 0. The molecule has 2 heterocycles. The van der Waals surface area contributed by atoms with E-state index in [1.165, 1.54) is 47.7 Å². The Morgan fingerprint density at radius 2 is 1.58 bits per heavy atom. The first-order valence-electron chi connectivity index (χ1n) is 10.4. The monoisotopic (exact) mass is 519 g/mol. The van der Waals surface area contributed by atoms with E-state index < -0.39 is 9.85 Å². The van der Waals surface area contributed by atoms with Crippen molar-refractivity contribution in [1.82, 2.24) is 4.98 Å². The molecule has 5 aromatic rings. The first-order valence-corrected chi connectivity index (χ1v) is 11.6. The van der Waals surface area contributed by atoms with Gasteiger partial charge in [-0.3, -0.25) is 25.7 Å². The molecule has 2 aromatic heterocycles. The topological polar surface area (TPSA) is 137 Å². The summed E-state index contributed by atoms with van der Waals surface area (Å²) in [6.07, 6.45) is 0. The van der Waals surface area contributed by atoms with Crippen LogP contribution in [0.5, 0.6) is 0 Å². The molecule has 5 rings (SSSR count). The number of fused-ring (bicyclic) bond motifs is 1. The van der Waals surface area contributed by atoms with Crippen LogP contribution in [0.1, 0.15) is 0 Å². The van der Waals surface area contributed by atoms with E-state index in [0.29, 0.717) is 32.6 Å². The number of benzene rings is 3. The molecular formula is C24H14ClN5O5S. The minimum absolute atomic E-state index is 0.00202. The number of nitro benzene ring substituents is 2. The summed E-state index contributed by atoms with van der Waals surface area (Å²) in [5.74, 6) is 0. The number of hydrogen-bond acceptors (Lipinski definition) is 9. The summed E-state index contributed by atoms with van der Waals surface area (Å²) < 4.78 is 6.04. The molecule has 1 N–H and O–H groups in total. The number of aromatic nitrogens is 1. The van der Waals surface area contributed by atoms with Crippen molar-refractivity contribution in [1.29, 1.82) is 0 Å². The number of nitrogens with one attached hydrogen (secondary N) is 1. The smallest absolute Gasteiger partial charge is 0.269 e. The summed E-state index contributed by atoms with van der Waals surface area (Å²) >= 11 is 7.53. The van der Waals surface area contributed by atoms with Crippen LogP contribution in [0.2, 0.25) is 5.02 Å². The van der Waals surface area contributed by atoms with E-state index in [0.717, 1.165) is 10.9 Å². The van der Waals surface area contributed by atoms with Crippen molar-refractivity contribution in [3.8, 4) is 21.8 Å². The van der Waals surface area contributed by atoms with Crippen LogP contribution in [0.3, 0.4) is 0 Å². The van der Waals surface area contributed by atoms with Crippen LogP contribution >= 0.6 is 22.9 Å². The minimum Gasteiger partial charge on any atom is -0.436 e. The van der Waals surface area contributed by atoms with Crippen LogP contribution in [0.25, 0.3) is 32.8 Å². The fourth-order valence-corrected chi connectivity index (χ4v) is 4.41. The summed E-state index contributed by atoms with van der Waals surface area (Å²) in [7, 11) is 0. The molecule has 0 saturated heterocycles.